The standard InChI is InChI=1S/C27H22N4O7S2/c32-20(38-23(16-7-3-1-4-8-16)17-9-5-2-6-10-17)13-37-30-21(18-14-39-15-28-18)24(33)29-22-25(34)31-19(27(35)36)11-12-40-26(22)31/h1-11,14-15,22-23,26H,12-13H2,(H,29,33)(H,35,36)/t22?,26-/m1/s1. The Hall–Kier alpha value is -4.49. The molecule has 2 aromatic carbocycles. The van der Waals surface area contributed by atoms with E-state index in [2.05, 4.69) is 15.5 Å². The van der Waals surface area contributed by atoms with Gasteiger partial charge in [-0.3, -0.25) is 14.5 Å². The van der Waals surface area contributed by atoms with E-state index in [1.807, 2.05) is 60.7 Å². The van der Waals surface area contributed by atoms with Crippen LogP contribution in [0.25, 0.3) is 0 Å². The molecular weight excluding hydrogens is 556 g/mol. The molecule has 0 spiro atoms. The van der Waals surface area contributed by atoms with Crippen LogP contribution in [0.1, 0.15) is 22.9 Å². The second-order valence-corrected chi connectivity index (χ2v) is 10.4. The van der Waals surface area contributed by atoms with Gasteiger partial charge in [0.2, 0.25) is 6.61 Å². The van der Waals surface area contributed by atoms with Crippen LogP contribution in [0.3, 0.4) is 0 Å². The Morgan fingerprint density at radius 1 is 1.10 bits per heavy atom. The molecule has 2 N–H and O–H groups in total. The second-order valence-electron chi connectivity index (χ2n) is 8.56. The molecule has 1 saturated heterocycles. The second kappa shape index (κ2) is 12.1. The average molecular weight is 579 g/mol. The third-order valence-corrected chi connectivity index (χ3v) is 7.80. The Balaban J connectivity index is 1.25. The number of fused-ring (bicyclic) bond motifs is 1. The van der Waals surface area contributed by atoms with E-state index in [0.29, 0.717) is 5.75 Å². The summed E-state index contributed by atoms with van der Waals surface area (Å²) in [6.45, 7) is -0.585. The number of hydrogen-bond donors (Lipinski definition) is 2. The van der Waals surface area contributed by atoms with Crippen LogP contribution >= 0.6 is 23.1 Å². The number of hydrogen-bond acceptors (Lipinski definition) is 10. The number of rotatable bonds is 10. The minimum atomic E-state index is -1.21. The van der Waals surface area contributed by atoms with Crippen LogP contribution in [-0.2, 0) is 28.8 Å². The van der Waals surface area contributed by atoms with E-state index in [9.17, 15) is 24.3 Å². The molecular formula is C27H22N4O7S2. The molecule has 0 radical (unpaired) electrons. The zero-order valence-corrected chi connectivity index (χ0v) is 22.3. The fraction of sp³-hybridized carbons (Fsp3) is 0.185. The SMILES string of the molecule is O=C(CON=C(C(=O)NC1C(=O)N2C(C(=O)O)=CCS[C@H]12)c1cscn1)OC(c1ccccc1)c1ccccc1. The first-order valence-electron chi connectivity index (χ1n) is 12.0. The van der Waals surface area contributed by atoms with Crippen molar-refractivity contribution >= 4 is 52.6 Å². The molecule has 11 nitrogen and oxygen atoms in total. The van der Waals surface area contributed by atoms with Crippen molar-refractivity contribution in [3.8, 4) is 0 Å². The van der Waals surface area contributed by atoms with Gasteiger partial charge in [-0.15, -0.1) is 23.1 Å². The predicted octanol–water partition coefficient (Wildman–Crippen LogP) is 2.57. The van der Waals surface area contributed by atoms with Crippen LogP contribution in [-0.4, -0.2) is 68.2 Å². The Kier molecular flexibility index (Phi) is 8.22. The first-order chi connectivity index (χ1) is 19.4. The van der Waals surface area contributed by atoms with E-state index in [1.54, 1.807) is 5.38 Å². The molecule has 204 valence electrons. The van der Waals surface area contributed by atoms with Gasteiger partial charge in [0.25, 0.3) is 11.8 Å². The molecule has 2 aliphatic heterocycles. The topological polar surface area (TPSA) is 147 Å². The van der Waals surface area contributed by atoms with Gasteiger partial charge in [-0.2, -0.15) is 0 Å². The number of carbonyl (C=O) groups is 4. The summed E-state index contributed by atoms with van der Waals surface area (Å²) in [4.78, 5) is 60.4. The fourth-order valence-electron chi connectivity index (χ4n) is 4.18. The number of aliphatic carboxylic acids is 1. The van der Waals surface area contributed by atoms with Gasteiger partial charge in [0, 0.05) is 11.1 Å². The summed E-state index contributed by atoms with van der Waals surface area (Å²) in [6.07, 6.45) is 0.781. The van der Waals surface area contributed by atoms with Crippen LogP contribution in [0.2, 0.25) is 0 Å². The van der Waals surface area contributed by atoms with Crippen molar-refractivity contribution in [1.82, 2.24) is 15.2 Å². The van der Waals surface area contributed by atoms with Gasteiger partial charge < -0.3 is 20.0 Å². The van der Waals surface area contributed by atoms with Crippen LogP contribution in [0.5, 0.6) is 0 Å². The number of benzene rings is 2. The van der Waals surface area contributed by atoms with E-state index in [1.165, 1.54) is 34.7 Å². The number of esters is 1. The highest BCUT2D eigenvalue weighted by atomic mass is 32.2. The molecule has 13 heteroatoms. The molecule has 0 saturated carbocycles. The molecule has 2 amide bonds. The Bertz CT molecular complexity index is 1420. The van der Waals surface area contributed by atoms with Crippen molar-refractivity contribution < 1.29 is 33.9 Å². The lowest BCUT2D eigenvalue weighted by atomic mass is 10.0. The fourth-order valence-corrected chi connectivity index (χ4v) is 5.91. The zero-order valence-electron chi connectivity index (χ0n) is 20.7. The smallest absolute Gasteiger partial charge is 0.352 e. The highest BCUT2D eigenvalue weighted by molar-refractivity contribution is 8.00. The van der Waals surface area contributed by atoms with Gasteiger partial charge in [-0.1, -0.05) is 65.8 Å². The zero-order chi connectivity index (χ0) is 28.1. The maximum absolute atomic E-state index is 13.1. The molecule has 3 aromatic rings. The predicted molar refractivity (Wildman–Crippen MR) is 146 cm³/mol. The van der Waals surface area contributed by atoms with Crippen molar-refractivity contribution in [3.05, 3.63) is 100 Å². The van der Waals surface area contributed by atoms with E-state index >= 15 is 0 Å². The molecule has 0 bridgehead atoms. The van der Waals surface area contributed by atoms with Gasteiger partial charge in [-0.25, -0.2) is 14.6 Å². The Morgan fingerprint density at radius 3 is 2.38 bits per heavy atom. The van der Waals surface area contributed by atoms with Gasteiger partial charge in [0.15, 0.2) is 11.8 Å². The summed E-state index contributed by atoms with van der Waals surface area (Å²) in [7, 11) is 0. The van der Waals surface area contributed by atoms with Gasteiger partial charge in [0.1, 0.15) is 22.8 Å². The maximum atomic E-state index is 13.1. The van der Waals surface area contributed by atoms with Gasteiger partial charge in [-0.05, 0) is 17.2 Å². The first kappa shape index (κ1) is 27.1. The maximum Gasteiger partial charge on any atom is 0.352 e. The molecule has 1 fully saturated rings. The lowest BCUT2D eigenvalue weighted by Crippen LogP contribution is -2.70. The number of aromatic nitrogens is 1. The Morgan fingerprint density at radius 2 is 1.77 bits per heavy atom. The van der Waals surface area contributed by atoms with Crippen LogP contribution < -0.4 is 5.32 Å². The molecule has 3 heterocycles. The third kappa shape index (κ3) is 5.75. The summed E-state index contributed by atoms with van der Waals surface area (Å²) in [5, 5.41) is 16.8. The highest BCUT2D eigenvalue weighted by Crippen LogP contribution is 2.37. The number of carbonyl (C=O) groups excluding carboxylic acids is 3. The number of nitrogens with zero attached hydrogens (tertiary/aromatic N) is 3. The number of carboxylic acids is 1. The van der Waals surface area contributed by atoms with Crippen molar-refractivity contribution in [2.45, 2.75) is 17.5 Å². The number of amides is 2. The molecule has 0 aliphatic carbocycles. The molecule has 1 unspecified atom stereocenters. The van der Waals surface area contributed by atoms with Crippen LogP contribution in [0.15, 0.2) is 88.5 Å². The number of carboxylic acid groups (broad SMARTS) is 1. The number of ether oxygens (including phenoxy) is 1. The number of oxime groups is 1. The van der Waals surface area contributed by atoms with E-state index in [-0.39, 0.29) is 17.1 Å². The summed E-state index contributed by atoms with van der Waals surface area (Å²) in [5.41, 5.74) is 2.88. The summed E-state index contributed by atoms with van der Waals surface area (Å²) < 4.78 is 5.70. The van der Waals surface area contributed by atoms with Crippen molar-refractivity contribution in [1.29, 1.82) is 0 Å². The first-order valence-corrected chi connectivity index (χ1v) is 14.0. The minimum Gasteiger partial charge on any atom is -0.477 e. The summed E-state index contributed by atoms with van der Waals surface area (Å²) in [5.74, 6) is -2.84. The largest absolute Gasteiger partial charge is 0.477 e. The monoisotopic (exact) mass is 578 g/mol. The van der Waals surface area contributed by atoms with Crippen molar-refractivity contribution in [3.63, 3.8) is 0 Å². The van der Waals surface area contributed by atoms with Crippen molar-refractivity contribution in [2.24, 2.45) is 5.16 Å². The molecule has 2 atom stereocenters. The summed E-state index contributed by atoms with van der Waals surface area (Å²) >= 11 is 2.54. The molecule has 2 aliphatic rings. The molecule has 40 heavy (non-hydrogen) atoms. The number of thioether (sulfide) groups is 1. The van der Waals surface area contributed by atoms with E-state index in [0.717, 1.165) is 16.0 Å². The molecule has 5 rings (SSSR count). The van der Waals surface area contributed by atoms with Crippen LogP contribution in [0.4, 0.5) is 0 Å². The number of β-lactam (4-membered cyclic amide) rings is 1. The minimum absolute atomic E-state index is 0.112. The van der Waals surface area contributed by atoms with Gasteiger partial charge in [0.05, 0.1) is 5.51 Å². The normalized spacial score (nSPS) is 18.3. The van der Waals surface area contributed by atoms with E-state index in [4.69, 9.17) is 9.57 Å². The Labute approximate surface area is 236 Å². The number of thiazole rings is 1. The lowest BCUT2D eigenvalue weighted by Gasteiger charge is -2.48. The lowest BCUT2D eigenvalue weighted by molar-refractivity contribution is -0.153. The highest BCUT2D eigenvalue weighted by Gasteiger charge is 2.53. The van der Waals surface area contributed by atoms with Crippen molar-refractivity contribution in [2.75, 3.05) is 12.4 Å². The molecule has 1 aromatic heterocycles. The van der Waals surface area contributed by atoms with Crippen LogP contribution in [0, 0.1) is 0 Å². The third-order valence-electron chi connectivity index (χ3n) is 6.03. The quantitative estimate of drug-likeness (QED) is 0.160. The number of nitrogens with one attached hydrogen (secondary N) is 1. The van der Waals surface area contributed by atoms with Gasteiger partial charge >= 0.3 is 11.9 Å². The summed E-state index contributed by atoms with van der Waals surface area (Å²) in [6, 6.07) is 17.5. The van der Waals surface area contributed by atoms with E-state index < -0.39 is 47.9 Å². The average Bonchev–Trinajstić information content (AvgIpc) is 3.51.